The summed E-state index contributed by atoms with van der Waals surface area (Å²) in [5.74, 6) is -0.983. The molecular formula is C34H30N4O3S. The number of amides is 3. The maximum atomic E-state index is 13.4. The van der Waals surface area contributed by atoms with Crippen molar-refractivity contribution in [3.63, 3.8) is 0 Å². The smallest absolute Gasteiger partial charge is 0.272 e. The van der Waals surface area contributed by atoms with E-state index >= 15 is 0 Å². The normalized spacial score (nSPS) is 12.0. The van der Waals surface area contributed by atoms with Crippen LogP contribution < -0.4 is 16.0 Å². The molecule has 0 radical (unpaired) electrons. The second-order valence-electron chi connectivity index (χ2n) is 9.80. The van der Waals surface area contributed by atoms with Gasteiger partial charge in [-0.15, -0.1) is 11.8 Å². The van der Waals surface area contributed by atoms with Gasteiger partial charge in [-0.25, -0.2) is 0 Å². The van der Waals surface area contributed by atoms with Gasteiger partial charge in [-0.2, -0.15) is 0 Å². The summed E-state index contributed by atoms with van der Waals surface area (Å²) < 4.78 is 0. The molecule has 0 bridgehead atoms. The lowest BCUT2D eigenvalue weighted by atomic mass is 10.1. The molecule has 0 saturated heterocycles. The quantitative estimate of drug-likeness (QED) is 0.112. The number of aromatic nitrogens is 1. The van der Waals surface area contributed by atoms with Gasteiger partial charge in [-0.3, -0.25) is 14.4 Å². The monoisotopic (exact) mass is 574 g/mol. The van der Waals surface area contributed by atoms with E-state index in [9.17, 15) is 14.4 Å². The van der Waals surface area contributed by atoms with Gasteiger partial charge in [-0.05, 0) is 79.4 Å². The second kappa shape index (κ2) is 13.1. The largest absolute Gasteiger partial charge is 0.361 e. The summed E-state index contributed by atoms with van der Waals surface area (Å²) in [7, 11) is 0. The highest BCUT2D eigenvalue weighted by atomic mass is 32.2. The number of carbonyl (C=O) groups is 3. The maximum Gasteiger partial charge on any atom is 0.272 e. The Morgan fingerprint density at radius 2 is 1.57 bits per heavy atom. The fraction of sp³-hybridized carbons (Fsp3) is 0.0882. The zero-order valence-corrected chi connectivity index (χ0v) is 24.0. The molecule has 0 fully saturated rings. The van der Waals surface area contributed by atoms with Crippen molar-refractivity contribution in [1.82, 2.24) is 10.3 Å². The lowest BCUT2D eigenvalue weighted by Crippen LogP contribution is -2.30. The fourth-order valence-electron chi connectivity index (χ4n) is 4.24. The summed E-state index contributed by atoms with van der Waals surface area (Å²) in [6.45, 7) is 3.82. The highest BCUT2D eigenvalue weighted by Gasteiger charge is 2.17. The molecule has 4 N–H and O–H groups in total. The summed E-state index contributed by atoms with van der Waals surface area (Å²) >= 11 is 1.38. The molecule has 1 unspecified atom stereocenters. The Morgan fingerprint density at radius 3 is 2.36 bits per heavy atom. The van der Waals surface area contributed by atoms with Crippen LogP contribution in [0.2, 0.25) is 0 Å². The molecule has 7 nitrogen and oxygen atoms in total. The van der Waals surface area contributed by atoms with E-state index in [2.05, 4.69) is 20.9 Å². The number of aryl methyl sites for hydroxylation is 1. The molecule has 1 atom stereocenters. The van der Waals surface area contributed by atoms with Crippen molar-refractivity contribution in [2.45, 2.75) is 24.0 Å². The Bertz CT molecular complexity index is 1760. The number of anilines is 2. The number of nitrogens with one attached hydrogen (secondary N) is 4. The molecule has 0 spiro atoms. The van der Waals surface area contributed by atoms with Crippen LogP contribution in [0.3, 0.4) is 0 Å². The van der Waals surface area contributed by atoms with E-state index in [1.54, 1.807) is 42.5 Å². The summed E-state index contributed by atoms with van der Waals surface area (Å²) in [5, 5.41) is 9.30. The van der Waals surface area contributed by atoms with Crippen molar-refractivity contribution >= 4 is 57.8 Å². The Kier molecular flexibility index (Phi) is 8.84. The van der Waals surface area contributed by atoms with E-state index in [4.69, 9.17) is 0 Å². The number of H-pyrrole nitrogens is 1. The molecule has 1 heterocycles. The van der Waals surface area contributed by atoms with Gasteiger partial charge in [0, 0.05) is 33.5 Å². The van der Waals surface area contributed by atoms with E-state index in [-0.39, 0.29) is 17.5 Å². The van der Waals surface area contributed by atoms with Crippen LogP contribution in [0, 0.1) is 6.92 Å². The van der Waals surface area contributed by atoms with Crippen LogP contribution >= 0.6 is 11.8 Å². The number of hydrogen-bond acceptors (Lipinski definition) is 4. The molecule has 0 aliphatic heterocycles. The van der Waals surface area contributed by atoms with Crippen molar-refractivity contribution in [1.29, 1.82) is 0 Å². The van der Waals surface area contributed by atoms with Crippen molar-refractivity contribution in [2.75, 3.05) is 10.6 Å². The Balaban J connectivity index is 1.27. The standard InChI is InChI=1S/C34H30N4O3S/c1-22-11-13-24(14-12-22)19-31(38-33(40)26-7-4-3-5-8-26)34(41)37-27-9-6-10-29(20-27)42-23(2)32(39)36-28-16-15-25-17-18-35-30(25)21-28/h3-21,23,35H,1-2H3,(H,36,39)(H,37,41)(H,38,40)/b31-19-. The predicted octanol–water partition coefficient (Wildman–Crippen LogP) is 7.01. The van der Waals surface area contributed by atoms with Gasteiger partial charge in [-0.1, -0.05) is 60.2 Å². The van der Waals surface area contributed by atoms with Crippen molar-refractivity contribution in [3.8, 4) is 0 Å². The van der Waals surface area contributed by atoms with Gasteiger partial charge in [0.1, 0.15) is 5.70 Å². The molecule has 8 heteroatoms. The third-order valence-electron chi connectivity index (χ3n) is 6.51. The van der Waals surface area contributed by atoms with Gasteiger partial charge in [0.15, 0.2) is 0 Å². The number of aromatic amines is 1. The first-order valence-electron chi connectivity index (χ1n) is 13.4. The van der Waals surface area contributed by atoms with Gasteiger partial charge >= 0.3 is 0 Å². The zero-order valence-electron chi connectivity index (χ0n) is 23.2. The summed E-state index contributed by atoms with van der Waals surface area (Å²) in [6.07, 6.45) is 3.50. The van der Waals surface area contributed by atoms with Crippen LogP contribution in [0.25, 0.3) is 17.0 Å². The predicted molar refractivity (Wildman–Crippen MR) is 170 cm³/mol. The number of thioether (sulfide) groups is 1. The number of benzene rings is 4. The van der Waals surface area contributed by atoms with E-state index in [1.165, 1.54) is 11.8 Å². The average Bonchev–Trinajstić information content (AvgIpc) is 3.46. The van der Waals surface area contributed by atoms with Gasteiger partial charge in [0.25, 0.3) is 11.8 Å². The van der Waals surface area contributed by atoms with Crippen LogP contribution in [-0.4, -0.2) is 28.0 Å². The SMILES string of the molecule is Cc1ccc(/C=C(\NC(=O)c2ccccc2)C(=O)Nc2cccc(SC(C)C(=O)Nc3ccc4cc[nH]c4c3)c2)cc1. The van der Waals surface area contributed by atoms with Crippen molar-refractivity contribution in [2.24, 2.45) is 0 Å². The zero-order chi connectivity index (χ0) is 29.5. The molecule has 5 rings (SSSR count). The molecule has 3 amide bonds. The Morgan fingerprint density at radius 1 is 0.810 bits per heavy atom. The van der Waals surface area contributed by atoms with Gasteiger partial charge < -0.3 is 20.9 Å². The van der Waals surface area contributed by atoms with E-state index in [1.807, 2.05) is 86.8 Å². The number of fused-ring (bicyclic) bond motifs is 1. The number of carbonyl (C=O) groups excluding carboxylic acids is 3. The maximum absolute atomic E-state index is 13.4. The summed E-state index contributed by atoms with van der Waals surface area (Å²) in [5.41, 5.74) is 4.62. The minimum atomic E-state index is -0.465. The van der Waals surface area contributed by atoms with Crippen molar-refractivity contribution < 1.29 is 14.4 Å². The van der Waals surface area contributed by atoms with Gasteiger partial charge in [0.2, 0.25) is 5.91 Å². The molecule has 1 aromatic heterocycles. The first kappa shape index (κ1) is 28.4. The molecule has 210 valence electrons. The topological polar surface area (TPSA) is 103 Å². The summed E-state index contributed by atoms with van der Waals surface area (Å²) in [4.78, 5) is 43.2. The lowest BCUT2D eigenvalue weighted by molar-refractivity contribution is -0.115. The number of hydrogen-bond donors (Lipinski definition) is 4. The molecule has 0 aliphatic rings. The van der Waals surface area contributed by atoms with E-state index in [0.29, 0.717) is 16.9 Å². The minimum absolute atomic E-state index is 0.109. The van der Waals surface area contributed by atoms with Crippen LogP contribution in [0.1, 0.15) is 28.4 Å². The van der Waals surface area contributed by atoms with Crippen LogP contribution in [-0.2, 0) is 9.59 Å². The van der Waals surface area contributed by atoms with E-state index < -0.39 is 11.2 Å². The Labute approximate surface area is 248 Å². The molecule has 0 aliphatic carbocycles. The molecular weight excluding hydrogens is 544 g/mol. The lowest BCUT2D eigenvalue weighted by Gasteiger charge is -2.14. The highest BCUT2D eigenvalue weighted by Crippen LogP contribution is 2.27. The first-order chi connectivity index (χ1) is 20.3. The molecule has 42 heavy (non-hydrogen) atoms. The van der Waals surface area contributed by atoms with Gasteiger partial charge in [0.05, 0.1) is 5.25 Å². The molecule has 0 saturated carbocycles. The van der Waals surface area contributed by atoms with Crippen LogP contribution in [0.5, 0.6) is 0 Å². The van der Waals surface area contributed by atoms with E-state index in [0.717, 1.165) is 26.9 Å². The number of rotatable bonds is 9. The molecule has 5 aromatic rings. The van der Waals surface area contributed by atoms with Crippen LogP contribution in [0.4, 0.5) is 11.4 Å². The summed E-state index contributed by atoms with van der Waals surface area (Å²) in [6, 6.07) is 31.4. The molecule has 4 aromatic carbocycles. The van der Waals surface area contributed by atoms with Crippen molar-refractivity contribution in [3.05, 3.63) is 132 Å². The second-order valence-corrected chi connectivity index (χ2v) is 11.2. The Hall–Kier alpha value is -5.08. The third-order valence-corrected chi connectivity index (χ3v) is 7.61. The first-order valence-corrected chi connectivity index (χ1v) is 14.3. The average molecular weight is 575 g/mol. The third kappa shape index (κ3) is 7.35. The highest BCUT2D eigenvalue weighted by molar-refractivity contribution is 8.00. The fourth-order valence-corrected chi connectivity index (χ4v) is 5.17. The van der Waals surface area contributed by atoms with Crippen LogP contribution in [0.15, 0.2) is 120 Å². The minimum Gasteiger partial charge on any atom is -0.361 e.